The standard InChI is InChI=1S/C13H11FN2O2S/c1-19-10-5-2-4-9(8-10)15-12-7-3-6-11(14)13(12)16(17)18/h2-8,15H,1H3. The Morgan fingerprint density at radius 2 is 2.00 bits per heavy atom. The Morgan fingerprint density at radius 1 is 1.26 bits per heavy atom. The molecular weight excluding hydrogens is 267 g/mol. The second-order valence-electron chi connectivity index (χ2n) is 3.75. The van der Waals surface area contributed by atoms with Crippen molar-refractivity contribution < 1.29 is 9.31 Å². The maximum absolute atomic E-state index is 13.5. The largest absolute Gasteiger partial charge is 0.350 e. The van der Waals surface area contributed by atoms with Crippen LogP contribution in [-0.4, -0.2) is 11.2 Å². The number of thioether (sulfide) groups is 1. The molecule has 0 aliphatic heterocycles. The third-order valence-corrected chi connectivity index (χ3v) is 3.24. The second-order valence-corrected chi connectivity index (χ2v) is 4.63. The number of hydrogen-bond donors (Lipinski definition) is 1. The van der Waals surface area contributed by atoms with Crippen molar-refractivity contribution in [1.82, 2.24) is 0 Å². The van der Waals surface area contributed by atoms with Crippen LogP contribution in [-0.2, 0) is 0 Å². The van der Waals surface area contributed by atoms with E-state index in [1.165, 1.54) is 12.1 Å². The van der Waals surface area contributed by atoms with Crippen LogP contribution in [0.4, 0.5) is 21.5 Å². The normalized spacial score (nSPS) is 10.2. The molecule has 0 saturated carbocycles. The lowest BCUT2D eigenvalue weighted by Gasteiger charge is -2.08. The van der Waals surface area contributed by atoms with Crippen molar-refractivity contribution in [3.63, 3.8) is 0 Å². The number of rotatable bonds is 4. The number of para-hydroxylation sites is 1. The van der Waals surface area contributed by atoms with Crippen LogP contribution in [0.1, 0.15) is 0 Å². The summed E-state index contributed by atoms with van der Waals surface area (Å²) in [5.74, 6) is -0.851. The fraction of sp³-hybridized carbons (Fsp3) is 0.0769. The van der Waals surface area contributed by atoms with Crippen molar-refractivity contribution in [3.8, 4) is 0 Å². The molecule has 2 aromatic carbocycles. The van der Waals surface area contributed by atoms with Gasteiger partial charge in [-0.15, -0.1) is 11.8 Å². The first kappa shape index (κ1) is 13.4. The number of anilines is 2. The lowest BCUT2D eigenvalue weighted by Crippen LogP contribution is -1.99. The van der Waals surface area contributed by atoms with Crippen LogP contribution in [0.5, 0.6) is 0 Å². The van der Waals surface area contributed by atoms with Crippen LogP contribution in [0.25, 0.3) is 0 Å². The lowest BCUT2D eigenvalue weighted by molar-refractivity contribution is -0.386. The van der Waals surface area contributed by atoms with Crippen LogP contribution in [0.3, 0.4) is 0 Å². The SMILES string of the molecule is CSc1cccc(Nc2cccc(F)c2[N+](=O)[O-])c1. The van der Waals surface area contributed by atoms with Crippen molar-refractivity contribution in [3.05, 3.63) is 58.4 Å². The van der Waals surface area contributed by atoms with E-state index in [1.807, 2.05) is 24.5 Å². The molecule has 0 heterocycles. The monoisotopic (exact) mass is 278 g/mol. The molecular formula is C13H11FN2O2S. The van der Waals surface area contributed by atoms with Gasteiger partial charge >= 0.3 is 5.69 Å². The van der Waals surface area contributed by atoms with Crippen LogP contribution < -0.4 is 5.32 Å². The van der Waals surface area contributed by atoms with E-state index < -0.39 is 16.4 Å². The Hall–Kier alpha value is -2.08. The smallest absolute Gasteiger partial charge is 0.327 e. The summed E-state index contributed by atoms with van der Waals surface area (Å²) in [6.07, 6.45) is 1.93. The number of nitrogens with one attached hydrogen (secondary N) is 1. The second kappa shape index (κ2) is 5.71. The van der Waals surface area contributed by atoms with Gasteiger partial charge in [-0.3, -0.25) is 10.1 Å². The van der Waals surface area contributed by atoms with Crippen molar-refractivity contribution in [2.45, 2.75) is 4.90 Å². The molecule has 2 aromatic rings. The summed E-state index contributed by atoms with van der Waals surface area (Å²) in [6, 6.07) is 11.4. The molecule has 0 radical (unpaired) electrons. The van der Waals surface area contributed by atoms with E-state index >= 15 is 0 Å². The van der Waals surface area contributed by atoms with Gasteiger partial charge in [0.25, 0.3) is 0 Å². The topological polar surface area (TPSA) is 55.2 Å². The quantitative estimate of drug-likeness (QED) is 0.517. The molecule has 0 amide bonds. The average molecular weight is 278 g/mol. The number of halogens is 1. The Morgan fingerprint density at radius 3 is 2.68 bits per heavy atom. The summed E-state index contributed by atoms with van der Waals surface area (Å²) in [7, 11) is 0. The van der Waals surface area contributed by atoms with E-state index in [-0.39, 0.29) is 5.69 Å². The highest BCUT2D eigenvalue weighted by Gasteiger charge is 2.19. The van der Waals surface area contributed by atoms with Crippen molar-refractivity contribution in [2.24, 2.45) is 0 Å². The first-order chi connectivity index (χ1) is 9.11. The average Bonchev–Trinajstić information content (AvgIpc) is 2.38. The van der Waals surface area contributed by atoms with Gasteiger partial charge in [0.1, 0.15) is 5.69 Å². The van der Waals surface area contributed by atoms with Crippen molar-refractivity contribution in [2.75, 3.05) is 11.6 Å². The zero-order valence-corrected chi connectivity index (χ0v) is 10.9. The molecule has 0 unspecified atom stereocenters. The lowest BCUT2D eigenvalue weighted by atomic mass is 10.2. The minimum atomic E-state index is -0.851. The van der Waals surface area contributed by atoms with Gasteiger partial charge in [0.2, 0.25) is 5.82 Å². The highest BCUT2D eigenvalue weighted by atomic mass is 32.2. The number of hydrogen-bond acceptors (Lipinski definition) is 4. The number of nitro benzene ring substituents is 1. The summed E-state index contributed by atoms with van der Waals surface area (Å²) in [6.45, 7) is 0. The van der Waals surface area contributed by atoms with E-state index in [0.717, 1.165) is 11.0 Å². The molecule has 0 aliphatic carbocycles. The van der Waals surface area contributed by atoms with Crippen LogP contribution in [0, 0.1) is 15.9 Å². The molecule has 98 valence electrons. The third kappa shape index (κ3) is 3.03. The van der Waals surface area contributed by atoms with Crippen molar-refractivity contribution in [1.29, 1.82) is 0 Å². The Kier molecular flexibility index (Phi) is 4.01. The van der Waals surface area contributed by atoms with E-state index in [1.54, 1.807) is 17.8 Å². The maximum atomic E-state index is 13.5. The first-order valence-electron chi connectivity index (χ1n) is 5.46. The van der Waals surface area contributed by atoms with E-state index in [0.29, 0.717) is 5.69 Å². The Labute approximate surface area is 113 Å². The third-order valence-electron chi connectivity index (χ3n) is 2.52. The predicted octanol–water partition coefficient (Wildman–Crippen LogP) is 4.20. The zero-order chi connectivity index (χ0) is 13.8. The van der Waals surface area contributed by atoms with E-state index in [4.69, 9.17) is 0 Å². The molecule has 1 N–H and O–H groups in total. The van der Waals surface area contributed by atoms with Gasteiger partial charge < -0.3 is 5.32 Å². The van der Waals surface area contributed by atoms with Gasteiger partial charge in [0.15, 0.2) is 0 Å². The van der Waals surface area contributed by atoms with Gasteiger partial charge in [-0.2, -0.15) is 4.39 Å². The molecule has 0 aromatic heterocycles. The number of nitro groups is 1. The Bertz CT molecular complexity index is 619. The van der Waals surface area contributed by atoms with E-state index in [9.17, 15) is 14.5 Å². The number of benzene rings is 2. The van der Waals surface area contributed by atoms with Crippen LogP contribution in [0.15, 0.2) is 47.4 Å². The van der Waals surface area contributed by atoms with Gasteiger partial charge in [-0.25, -0.2) is 0 Å². The molecule has 0 aliphatic rings. The molecule has 0 atom stereocenters. The first-order valence-corrected chi connectivity index (χ1v) is 6.68. The summed E-state index contributed by atoms with van der Waals surface area (Å²) >= 11 is 1.56. The maximum Gasteiger partial charge on any atom is 0.327 e. The molecule has 0 spiro atoms. The summed E-state index contributed by atoms with van der Waals surface area (Å²) < 4.78 is 13.5. The highest BCUT2D eigenvalue weighted by molar-refractivity contribution is 7.98. The van der Waals surface area contributed by atoms with Gasteiger partial charge in [-0.05, 0) is 36.6 Å². The molecule has 6 heteroatoms. The molecule has 2 rings (SSSR count). The van der Waals surface area contributed by atoms with E-state index in [2.05, 4.69) is 5.32 Å². The zero-order valence-electron chi connectivity index (χ0n) is 10.1. The molecule has 0 fully saturated rings. The Balaban J connectivity index is 2.38. The predicted molar refractivity (Wildman–Crippen MR) is 74.6 cm³/mol. The molecule has 19 heavy (non-hydrogen) atoms. The molecule has 0 saturated heterocycles. The molecule has 0 bridgehead atoms. The fourth-order valence-corrected chi connectivity index (χ4v) is 2.12. The van der Waals surface area contributed by atoms with Crippen molar-refractivity contribution >= 4 is 28.8 Å². The summed E-state index contributed by atoms with van der Waals surface area (Å²) in [5.41, 5.74) is 0.279. The highest BCUT2D eigenvalue weighted by Crippen LogP contribution is 2.30. The van der Waals surface area contributed by atoms with Crippen LogP contribution >= 0.6 is 11.8 Å². The fourth-order valence-electron chi connectivity index (χ4n) is 1.66. The molecule has 4 nitrogen and oxygen atoms in total. The summed E-state index contributed by atoms with van der Waals surface area (Å²) in [5, 5.41) is 13.8. The van der Waals surface area contributed by atoms with Gasteiger partial charge in [-0.1, -0.05) is 12.1 Å². The minimum Gasteiger partial charge on any atom is -0.350 e. The van der Waals surface area contributed by atoms with Crippen LogP contribution in [0.2, 0.25) is 0 Å². The summed E-state index contributed by atoms with van der Waals surface area (Å²) in [4.78, 5) is 11.2. The number of nitrogens with zero attached hydrogens (tertiary/aromatic N) is 1. The van der Waals surface area contributed by atoms with Gasteiger partial charge in [0, 0.05) is 10.6 Å². The van der Waals surface area contributed by atoms with Gasteiger partial charge in [0.05, 0.1) is 4.92 Å². The minimum absolute atomic E-state index is 0.142.